The number of thiazole rings is 2. The zero-order valence-electron chi connectivity index (χ0n) is 23.7. The Morgan fingerprint density at radius 1 is 0.867 bits per heavy atom. The summed E-state index contributed by atoms with van der Waals surface area (Å²) in [5.74, 6) is -1.91. The van der Waals surface area contributed by atoms with Gasteiger partial charge in [-0.25, -0.2) is 23.5 Å². The lowest BCUT2D eigenvalue weighted by Gasteiger charge is -1.99. The third-order valence-corrected chi connectivity index (χ3v) is 6.79. The van der Waals surface area contributed by atoms with Gasteiger partial charge >= 0.3 is 11.9 Å². The zero-order valence-corrected chi connectivity index (χ0v) is 25.4. The summed E-state index contributed by atoms with van der Waals surface area (Å²) in [5, 5.41) is 7.30. The molecule has 4 aromatic rings. The summed E-state index contributed by atoms with van der Waals surface area (Å²) in [4.78, 5) is 46.5. The van der Waals surface area contributed by atoms with Gasteiger partial charge in [0.1, 0.15) is 33.9 Å². The number of carbonyl (C=O) groups is 3. The Labute approximate surface area is 263 Å². The van der Waals surface area contributed by atoms with E-state index in [9.17, 15) is 23.2 Å². The molecular formula is C28H24F2N8O5S2. The van der Waals surface area contributed by atoms with Crippen LogP contribution in [0.5, 0.6) is 0 Å². The number of halogens is 2. The maximum Gasteiger partial charge on any atom is 0.340 e. The van der Waals surface area contributed by atoms with Gasteiger partial charge in [-0.2, -0.15) is 0 Å². The Hall–Kier alpha value is -5.47. The fourth-order valence-electron chi connectivity index (χ4n) is 3.03. The van der Waals surface area contributed by atoms with Gasteiger partial charge in [0.2, 0.25) is 0 Å². The fraction of sp³-hybridized carbons (Fsp3) is 0.179. The molecule has 0 radical (unpaired) electrons. The van der Waals surface area contributed by atoms with Gasteiger partial charge in [-0.05, 0) is 55.3 Å². The topological polar surface area (TPSA) is 193 Å². The molecule has 0 aliphatic rings. The molecular weight excluding hydrogens is 630 g/mol. The molecule has 0 saturated carbocycles. The van der Waals surface area contributed by atoms with Crippen molar-refractivity contribution in [2.45, 2.75) is 13.8 Å². The number of ether oxygens (including phenoxy) is 2. The van der Waals surface area contributed by atoms with Crippen LogP contribution in [0.15, 0.2) is 76.9 Å². The standard InChI is InChI=1S/C14H11FN4O2S.C10H6FNOS.C4H7N3O2/c1-2-21-14(20)12(18-19-16)7-9-8-17-13(22-9)10-5-3-4-6-11(10)15;11-9-4-2-1-3-8(9)10-12-5-7(6-13)14-10;1-2-9-4(8)3-6-7-5/h3-8H,2H2,1H3;1-6H;2-3H2,1H3/b12-7-;;. The van der Waals surface area contributed by atoms with Gasteiger partial charge < -0.3 is 9.47 Å². The highest BCUT2D eigenvalue weighted by Crippen LogP contribution is 2.29. The number of carbonyl (C=O) groups excluding carboxylic acids is 3. The molecule has 0 atom stereocenters. The number of nitrogens with zero attached hydrogens (tertiary/aromatic N) is 8. The van der Waals surface area contributed by atoms with Crippen molar-refractivity contribution in [1.82, 2.24) is 9.97 Å². The lowest BCUT2D eigenvalue weighted by Crippen LogP contribution is -2.06. The van der Waals surface area contributed by atoms with E-state index in [-0.39, 0.29) is 30.5 Å². The number of aldehydes is 1. The molecule has 0 amide bonds. The number of azide groups is 2. The molecule has 0 saturated heterocycles. The van der Waals surface area contributed by atoms with Crippen LogP contribution in [0.25, 0.3) is 48.1 Å². The molecule has 0 unspecified atom stereocenters. The highest BCUT2D eigenvalue weighted by atomic mass is 32.1. The highest BCUT2D eigenvalue weighted by Gasteiger charge is 2.12. The van der Waals surface area contributed by atoms with E-state index in [0.29, 0.717) is 43.8 Å². The van der Waals surface area contributed by atoms with Crippen molar-refractivity contribution in [2.24, 2.45) is 10.2 Å². The molecule has 13 nitrogen and oxygen atoms in total. The average Bonchev–Trinajstić information content (AvgIpc) is 3.71. The molecule has 2 aromatic carbocycles. The normalized spacial score (nSPS) is 10.0. The first kappa shape index (κ1) is 35.7. The molecule has 0 fully saturated rings. The van der Waals surface area contributed by atoms with E-state index < -0.39 is 11.9 Å². The van der Waals surface area contributed by atoms with Crippen molar-refractivity contribution in [3.05, 3.63) is 109 Å². The van der Waals surface area contributed by atoms with E-state index in [1.165, 1.54) is 53.3 Å². The maximum absolute atomic E-state index is 13.7. The van der Waals surface area contributed by atoms with Crippen LogP contribution in [0.4, 0.5) is 8.78 Å². The Bertz CT molecular complexity index is 1730. The molecule has 0 N–H and O–H groups in total. The lowest BCUT2D eigenvalue weighted by atomic mass is 10.2. The summed E-state index contributed by atoms with van der Waals surface area (Å²) >= 11 is 2.35. The minimum absolute atomic E-state index is 0.167. The van der Waals surface area contributed by atoms with Crippen LogP contribution >= 0.6 is 22.7 Å². The van der Waals surface area contributed by atoms with Crippen LogP contribution in [0.1, 0.15) is 28.4 Å². The molecule has 0 bridgehead atoms. The summed E-state index contributed by atoms with van der Waals surface area (Å²) in [6, 6.07) is 12.6. The molecule has 0 aliphatic carbocycles. The van der Waals surface area contributed by atoms with E-state index in [4.69, 9.17) is 15.8 Å². The van der Waals surface area contributed by atoms with Crippen molar-refractivity contribution in [3.8, 4) is 21.1 Å². The molecule has 2 heterocycles. The predicted octanol–water partition coefficient (Wildman–Crippen LogP) is 7.79. The first-order chi connectivity index (χ1) is 21.8. The van der Waals surface area contributed by atoms with Crippen LogP contribution in [0.2, 0.25) is 0 Å². The van der Waals surface area contributed by atoms with Crippen molar-refractivity contribution < 1.29 is 32.6 Å². The van der Waals surface area contributed by atoms with Crippen molar-refractivity contribution in [2.75, 3.05) is 19.8 Å². The number of benzene rings is 2. The largest absolute Gasteiger partial charge is 0.466 e. The Balaban J connectivity index is 0.000000262. The zero-order chi connectivity index (χ0) is 33.0. The summed E-state index contributed by atoms with van der Waals surface area (Å²) in [5.41, 5.74) is 16.9. The summed E-state index contributed by atoms with van der Waals surface area (Å²) in [7, 11) is 0. The fourth-order valence-corrected chi connectivity index (χ4v) is 4.66. The predicted molar refractivity (Wildman–Crippen MR) is 165 cm³/mol. The minimum atomic E-state index is -0.721. The molecule has 2 aromatic heterocycles. The molecule has 232 valence electrons. The van der Waals surface area contributed by atoms with Gasteiger partial charge in [0.15, 0.2) is 6.29 Å². The van der Waals surface area contributed by atoms with Crippen LogP contribution in [-0.2, 0) is 19.1 Å². The van der Waals surface area contributed by atoms with Gasteiger partial charge in [0, 0.05) is 38.2 Å². The monoisotopic (exact) mass is 654 g/mol. The van der Waals surface area contributed by atoms with Gasteiger partial charge in [0.25, 0.3) is 0 Å². The SMILES string of the molecule is CCOC(=O)/C(=C/c1cnc(-c2ccccc2F)s1)N=[N+]=[N-].CCOC(=O)CN=[N+]=[N-].O=Cc1cnc(-c2ccccc2F)s1. The van der Waals surface area contributed by atoms with E-state index >= 15 is 0 Å². The Kier molecular flexibility index (Phi) is 15.6. The second-order valence-electron chi connectivity index (χ2n) is 7.85. The molecule has 0 spiro atoms. The van der Waals surface area contributed by atoms with Crippen molar-refractivity contribution >= 4 is 47.0 Å². The third kappa shape index (κ3) is 12.0. The second kappa shape index (κ2) is 19.7. The van der Waals surface area contributed by atoms with Crippen LogP contribution in [0.3, 0.4) is 0 Å². The van der Waals surface area contributed by atoms with E-state index in [2.05, 4.69) is 34.8 Å². The smallest absolute Gasteiger partial charge is 0.340 e. The summed E-state index contributed by atoms with van der Waals surface area (Å²) < 4.78 is 36.2. The van der Waals surface area contributed by atoms with E-state index in [0.717, 1.165) is 0 Å². The third-order valence-electron chi connectivity index (χ3n) is 4.86. The molecule has 0 aliphatic heterocycles. The minimum Gasteiger partial charge on any atom is -0.466 e. The molecule has 17 heteroatoms. The van der Waals surface area contributed by atoms with Gasteiger partial charge in [-0.1, -0.05) is 34.5 Å². The van der Waals surface area contributed by atoms with Gasteiger partial charge in [-0.3, -0.25) is 9.59 Å². The Morgan fingerprint density at radius 2 is 1.40 bits per heavy atom. The number of rotatable bonds is 10. The van der Waals surface area contributed by atoms with Crippen LogP contribution < -0.4 is 0 Å². The van der Waals surface area contributed by atoms with Crippen molar-refractivity contribution in [1.29, 1.82) is 0 Å². The lowest BCUT2D eigenvalue weighted by molar-refractivity contribution is -0.141. The summed E-state index contributed by atoms with van der Waals surface area (Å²) in [6.45, 7) is 3.60. The quantitative estimate of drug-likeness (QED) is 0.0416. The average molecular weight is 655 g/mol. The first-order valence-electron chi connectivity index (χ1n) is 12.7. The highest BCUT2D eigenvalue weighted by molar-refractivity contribution is 7.16. The Morgan fingerprint density at radius 3 is 1.87 bits per heavy atom. The summed E-state index contributed by atoms with van der Waals surface area (Å²) in [6.07, 6.45) is 4.99. The van der Waals surface area contributed by atoms with Crippen molar-refractivity contribution in [3.63, 3.8) is 0 Å². The van der Waals surface area contributed by atoms with Gasteiger partial charge in [-0.15, -0.1) is 22.7 Å². The van der Waals surface area contributed by atoms with E-state index in [1.807, 2.05) is 0 Å². The number of hydrogen-bond donors (Lipinski definition) is 0. The van der Waals surface area contributed by atoms with Crippen LogP contribution in [0, 0.1) is 11.6 Å². The maximum atomic E-state index is 13.7. The van der Waals surface area contributed by atoms with Gasteiger partial charge in [0.05, 0.1) is 18.1 Å². The number of esters is 2. The first-order valence-corrected chi connectivity index (χ1v) is 14.4. The van der Waals surface area contributed by atoms with E-state index in [1.54, 1.807) is 50.2 Å². The van der Waals surface area contributed by atoms with Crippen LogP contribution in [-0.4, -0.2) is 48.0 Å². The number of hydrogen-bond acceptors (Lipinski definition) is 11. The number of aromatic nitrogens is 2. The second-order valence-corrected chi connectivity index (χ2v) is 9.97. The molecule has 45 heavy (non-hydrogen) atoms. The molecule has 4 rings (SSSR count).